The van der Waals surface area contributed by atoms with Crippen LogP contribution in [0.4, 0.5) is 0 Å². The number of hydrogen-bond acceptors (Lipinski definition) is 4. The van der Waals surface area contributed by atoms with Crippen LogP contribution in [0.1, 0.15) is 35.6 Å². The van der Waals surface area contributed by atoms with E-state index in [2.05, 4.69) is 12.2 Å². The molecule has 0 aliphatic heterocycles. The molecule has 0 saturated heterocycles. The van der Waals surface area contributed by atoms with Crippen molar-refractivity contribution in [2.45, 2.75) is 33.0 Å². The number of furan rings is 1. The van der Waals surface area contributed by atoms with E-state index in [1.807, 2.05) is 67.6 Å². The first-order valence-corrected chi connectivity index (χ1v) is 8.79. The first-order valence-electron chi connectivity index (χ1n) is 8.79. The van der Waals surface area contributed by atoms with E-state index < -0.39 is 0 Å². The van der Waals surface area contributed by atoms with Crippen molar-refractivity contribution in [3.8, 4) is 11.5 Å². The van der Waals surface area contributed by atoms with E-state index in [1.54, 1.807) is 7.11 Å². The molecule has 26 heavy (non-hydrogen) atoms. The van der Waals surface area contributed by atoms with Crippen molar-refractivity contribution in [2.24, 2.45) is 0 Å². The molecule has 1 N–H and O–H groups in total. The third-order valence-electron chi connectivity index (χ3n) is 4.27. The molecule has 0 bridgehead atoms. The summed E-state index contributed by atoms with van der Waals surface area (Å²) in [4.78, 5) is 0. The fourth-order valence-corrected chi connectivity index (χ4v) is 2.74. The average molecular weight is 351 g/mol. The summed E-state index contributed by atoms with van der Waals surface area (Å²) in [6.07, 6.45) is 0. The van der Waals surface area contributed by atoms with Gasteiger partial charge in [-0.3, -0.25) is 0 Å². The summed E-state index contributed by atoms with van der Waals surface area (Å²) in [5.74, 6) is 3.35. The third-order valence-corrected chi connectivity index (χ3v) is 4.27. The number of aryl methyl sites for hydroxylation is 1. The van der Waals surface area contributed by atoms with E-state index in [9.17, 15) is 0 Å². The van der Waals surface area contributed by atoms with Crippen LogP contribution in [0, 0.1) is 6.92 Å². The maximum atomic E-state index is 5.98. The summed E-state index contributed by atoms with van der Waals surface area (Å²) in [7, 11) is 1.66. The van der Waals surface area contributed by atoms with Crippen LogP contribution >= 0.6 is 0 Å². The lowest BCUT2D eigenvalue weighted by Crippen LogP contribution is -2.17. The normalized spacial score (nSPS) is 12.0. The molecule has 1 heterocycles. The van der Waals surface area contributed by atoms with Gasteiger partial charge in [0, 0.05) is 6.54 Å². The maximum Gasteiger partial charge on any atom is 0.161 e. The molecule has 1 unspecified atom stereocenters. The lowest BCUT2D eigenvalue weighted by Gasteiger charge is -2.15. The van der Waals surface area contributed by atoms with E-state index in [0.29, 0.717) is 13.2 Å². The highest BCUT2D eigenvalue weighted by Crippen LogP contribution is 2.29. The molecule has 0 aliphatic rings. The fraction of sp³-hybridized carbons (Fsp3) is 0.273. The van der Waals surface area contributed by atoms with Crippen LogP contribution in [0.3, 0.4) is 0 Å². The zero-order valence-electron chi connectivity index (χ0n) is 15.5. The second kappa shape index (κ2) is 8.59. The lowest BCUT2D eigenvalue weighted by atomic mass is 10.1. The molecular weight excluding hydrogens is 326 g/mol. The minimum Gasteiger partial charge on any atom is -0.493 e. The molecule has 0 saturated carbocycles. The Hall–Kier alpha value is -2.72. The van der Waals surface area contributed by atoms with Gasteiger partial charge >= 0.3 is 0 Å². The predicted molar refractivity (Wildman–Crippen MR) is 102 cm³/mol. The van der Waals surface area contributed by atoms with Gasteiger partial charge < -0.3 is 19.2 Å². The van der Waals surface area contributed by atoms with Gasteiger partial charge in [-0.1, -0.05) is 36.4 Å². The number of benzene rings is 2. The Morgan fingerprint density at radius 2 is 1.77 bits per heavy atom. The van der Waals surface area contributed by atoms with E-state index in [0.717, 1.165) is 34.1 Å². The molecule has 0 aliphatic carbocycles. The summed E-state index contributed by atoms with van der Waals surface area (Å²) < 4.78 is 17.1. The van der Waals surface area contributed by atoms with Gasteiger partial charge in [-0.05, 0) is 49.2 Å². The molecule has 4 heteroatoms. The molecule has 0 spiro atoms. The van der Waals surface area contributed by atoms with Gasteiger partial charge in [0.25, 0.3) is 0 Å². The minimum atomic E-state index is 0.138. The van der Waals surface area contributed by atoms with Crippen molar-refractivity contribution in [2.75, 3.05) is 7.11 Å². The van der Waals surface area contributed by atoms with Crippen LogP contribution in [-0.4, -0.2) is 7.11 Å². The second-order valence-corrected chi connectivity index (χ2v) is 6.31. The van der Waals surface area contributed by atoms with E-state index in [-0.39, 0.29) is 6.04 Å². The molecule has 0 fully saturated rings. The second-order valence-electron chi connectivity index (χ2n) is 6.31. The zero-order valence-corrected chi connectivity index (χ0v) is 15.5. The molecule has 4 nitrogen and oxygen atoms in total. The van der Waals surface area contributed by atoms with Crippen LogP contribution < -0.4 is 14.8 Å². The molecule has 136 valence electrons. The van der Waals surface area contributed by atoms with Crippen molar-refractivity contribution < 1.29 is 13.9 Å². The topological polar surface area (TPSA) is 43.6 Å². The van der Waals surface area contributed by atoms with Gasteiger partial charge in [0.2, 0.25) is 0 Å². The Morgan fingerprint density at radius 3 is 2.46 bits per heavy atom. The number of ether oxygens (including phenoxy) is 2. The Labute approximate surface area is 154 Å². The Balaban J connectivity index is 1.64. The largest absolute Gasteiger partial charge is 0.493 e. The highest BCUT2D eigenvalue weighted by molar-refractivity contribution is 5.43. The molecule has 3 rings (SSSR count). The van der Waals surface area contributed by atoms with Crippen molar-refractivity contribution >= 4 is 0 Å². The highest BCUT2D eigenvalue weighted by atomic mass is 16.5. The van der Waals surface area contributed by atoms with Crippen LogP contribution in [0.25, 0.3) is 0 Å². The molecule has 0 amide bonds. The van der Waals surface area contributed by atoms with Gasteiger partial charge in [0.1, 0.15) is 18.1 Å². The van der Waals surface area contributed by atoms with E-state index >= 15 is 0 Å². The first-order chi connectivity index (χ1) is 12.7. The smallest absolute Gasteiger partial charge is 0.161 e. The first kappa shape index (κ1) is 18.1. The van der Waals surface area contributed by atoms with Gasteiger partial charge in [-0.25, -0.2) is 0 Å². The molecule has 2 aromatic carbocycles. The van der Waals surface area contributed by atoms with Crippen LogP contribution in [0.5, 0.6) is 11.5 Å². The molecule has 3 aromatic rings. The third kappa shape index (κ3) is 4.67. The minimum absolute atomic E-state index is 0.138. The number of hydrogen-bond donors (Lipinski definition) is 1. The van der Waals surface area contributed by atoms with Gasteiger partial charge in [-0.15, -0.1) is 0 Å². The van der Waals surface area contributed by atoms with E-state index in [4.69, 9.17) is 13.9 Å². The van der Waals surface area contributed by atoms with E-state index in [1.165, 1.54) is 0 Å². The highest BCUT2D eigenvalue weighted by Gasteiger charge is 2.11. The summed E-state index contributed by atoms with van der Waals surface area (Å²) in [5, 5.41) is 3.48. The molecule has 1 aromatic heterocycles. The zero-order chi connectivity index (χ0) is 18.4. The summed E-state index contributed by atoms with van der Waals surface area (Å²) in [6.45, 7) is 5.27. The maximum absolute atomic E-state index is 5.98. The average Bonchev–Trinajstić information content (AvgIpc) is 3.12. The fourth-order valence-electron chi connectivity index (χ4n) is 2.74. The number of methoxy groups -OCH3 is 1. The van der Waals surface area contributed by atoms with Crippen molar-refractivity contribution in [3.63, 3.8) is 0 Å². The van der Waals surface area contributed by atoms with Gasteiger partial charge in [-0.2, -0.15) is 0 Å². The summed E-state index contributed by atoms with van der Waals surface area (Å²) >= 11 is 0. The van der Waals surface area contributed by atoms with Gasteiger partial charge in [0.15, 0.2) is 11.5 Å². The summed E-state index contributed by atoms with van der Waals surface area (Å²) in [6, 6.07) is 20.2. The number of rotatable bonds is 8. The monoisotopic (exact) mass is 351 g/mol. The van der Waals surface area contributed by atoms with Crippen LogP contribution in [0.2, 0.25) is 0 Å². The van der Waals surface area contributed by atoms with Gasteiger partial charge in [0.05, 0.1) is 13.2 Å². The quantitative estimate of drug-likeness (QED) is 0.618. The SMILES string of the molecule is COc1ccc(CNC(C)c2ccc(C)o2)cc1OCc1ccccc1. The van der Waals surface area contributed by atoms with Crippen molar-refractivity contribution in [1.29, 1.82) is 0 Å². The van der Waals surface area contributed by atoms with Crippen LogP contribution in [-0.2, 0) is 13.2 Å². The Bertz CT molecular complexity index is 826. The predicted octanol–water partition coefficient (Wildman–Crippen LogP) is 5.03. The molecular formula is C22H25NO3. The lowest BCUT2D eigenvalue weighted by molar-refractivity contribution is 0.284. The molecule has 1 atom stereocenters. The number of nitrogens with one attached hydrogen (secondary N) is 1. The Kier molecular flexibility index (Phi) is 5.97. The van der Waals surface area contributed by atoms with Crippen LogP contribution in [0.15, 0.2) is 65.1 Å². The Morgan fingerprint density at radius 1 is 0.962 bits per heavy atom. The summed E-state index contributed by atoms with van der Waals surface area (Å²) in [5.41, 5.74) is 2.25. The standard InChI is InChI=1S/C22H25NO3/c1-16-9-11-20(26-16)17(2)23-14-19-10-12-21(24-3)22(13-19)25-15-18-7-5-4-6-8-18/h4-13,17,23H,14-15H2,1-3H3. The van der Waals surface area contributed by atoms with Crippen molar-refractivity contribution in [3.05, 3.63) is 83.3 Å². The molecule has 0 radical (unpaired) electrons. The van der Waals surface area contributed by atoms with Crippen molar-refractivity contribution in [1.82, 2.24) is 5.32 Å².